The van der Waals surface area contributed by atoms with Crippen LogP contribution in [0.25, 0.3) is 10.4 Å². The first-order chi connectivity index (χ1) is 9.63. The Bertz CT molecular complexity index is 570. The molecule has 6 heteroatoms. The van der Waals surface area contributed by atoms with Crippen LogP contribution in [-0.2, 0) is 13.6 Å². The van der Waals surface area contributed by atoms with Crippen molar-refractivity contribution in [3.8, 4) is 10.4 Å². The minimum atomic E-state index is 0. The van der Waals surface area contributed by atoms with Crippen molar-refractivity contribution < 1.29 is 0 Å². The van der Waals surface area contributed by atoms with Crippen molar-refractivity contribution in [1.82, 2.24) is 20.0 Å². The lowest BCUT2D eigenvalue weighted by Gasteiger charge is -2.39. The number of aryl methyl sites for hydroxylation is 1. The molecule has 0 amide bonds. The highest BCUT2D eigenvalue weighted by molar-refractivity contribution is 7.15. The van der Waals surface area contributed by atoms with Crippen LogP contribution in [0.3, 0.4) is 0 Å². The highest BCUT2D eigenvalue weighted by Gasteiger charge is 2.24. The first kappa shape index (κ1) is 16.5. The molecule has 4 nitrogen and oxygen atoms in total. The number of nitrogens with one attached hydrogen (secondary N) is 1. The smallest absolute Gasteiger partial charge is 0.0576 e. The molecule has 1 fully saturated rings. The molecular weight excluding hydrogens is 304 g/mol. The van der Waals surface area contributed by atoms with Gasteiger partial charge < -0.3 is 5.32 Å². The Kier molecular flexibility index (Phi) is 5.43. The monoisotopic (exact) mass is 326 g/mol. The molecule has 3 rings (SSSR count). The molecule has 0 spiro atoms. The van der Waals surface area contributed by atoms with E-state index in [2.05, 4.69) is 47.5 Å². The van der Waals surface area contributed by atoms with E-state index in [1.165, 1.54) is 15.3 Å². The SMILES string of the molecule is C[C@@H]1CNC[C@H](C)N1Cc1ccc(-c2cnn(C)c2)s1.Cl. The van der Waals surface area contributed by atoms with Crippen LogP contribution >= 0.6 is 23.7 Å². The quantitative estimate of drug-likeness (QED) is 0.941. The number of halogens is 1. The third-order valence-corrected chi connectivity index (χ3v) is 5.12. The summed E-state index contributed by atoms with van der Waals surface area (Å²) in [5, 5.41) is 7.73. The van der Waals surface area contributed by atoms with Crippen LogP contribution in [0.15, 0.2) is 24.5 Å². The van der Waals surface area contributed by atoms with Gasteiger partial charge in [-0.2, -0.15) is 5.10 Å². The number of hydrogen-bond acceptors (Lipinski definition) is 4. The summed E-state index contributed by atoms with van der Waals surface area (Å²) >= 11 is 1.88. The van der Waals surface area contributed by atoms with Crippen molar-refractivity contribution in [1.29, 1.82) is 0 Å². The molecule has 0 radical (unpaired) electrons. The van der Waals surface area contributed by atoms with Crippen molar-refractivity contribution in [2.75, 3.05) is 13.1 Å². The molecule has 0 saturated carbocycles. The molecular formula is C15H23ClN4S. The summed E-state index contributed by atoms with van der Waals surface area (Å²) in [4.78, 5) is 5.34. The molecule has 2 aromatic heterocycles. The van der Waals surface area contributed by atoms with Gasteiger partial charge in [0.05, 0.1) is 6.20 Å². The molecule has 3 heterocycles. The first-order valence-corrected chi connectivity index (χ1v) is 7.99. The van der Waals surface area contributed by atoms with Gasteiger partial charge in [0.2, 0.25) is 0 Å². The van der Waals surface area contributed by atoms with Crippen molar-refractivity contribution >= 4 is 23.7 Å². The summed E-state index contributed by atoms with van der Waals surface area (Å²) in [6.45, 7) is 7.84. The summed E-state index contributed by atoms with van der Waals surface area (Å²) in [5.41, 5.74) is 1.21. The molecule has 0 aromatic carbocycles. The zero-order valence-electron chi connectivity index (χ0n) is 12.7. The lowest BCUT2D eigenvalue weighted by atomic mass is 10.1. The maximum absolute atomic E-state index is 4.25. The maximum Gasteiger partial charge on any atom is 0.0576 e. The predicted molar refractivity (Wildman–Crippen MR) is 91.1 cm³/mol. The average molecular weight is 327 g/mol. The molecule has 2 aromatic rings. The molecule has 2 atom stereocenters. The normalized spacial score (nSPS) is 23.0. The van der Waals surface area contributed by atoms with Gasteiger partial charge in [0.15, 0.2) is 0 Å². The molecule has 21 heavy (non-hydrogen) atoms. The fraction of sp³-hybridized carbons (Fsp3) is 0.533. The van der Waals surface area contributed by atoms with Gasteiger partial charge >= 0.3 is 0 Å². The second-order valence-electron chi connectivity index (χ2n) is 5.70. The number of hydrogen-bond donors (Lipinski definition) is 1. The largest absolute Gasteiger partial charge is 0.314 e. The maximum atomic E-state index is 4.25. The Morgan fingerprint density at radius 1 is 1.29 bits per heavy atom. The van der Waals surface area contributed by atoms with Crippen molar-refractivity contribution in [2.45, 2.75) is 32.5 Å². The zero-order chi connectivity index (χ0) is 14.1. The molecule has 0 bridgehead atoms. The second kappa shape index (κ2) is 6.92. The Morgan fingerprint density at radius 2 is 2.00 bits per heavy atom. The molecule has 0 unspecified atom stereocenters. The number of piperazine rings is 1. The van der Waals surface area contributed by atoms with Crippen LogP contribution < -0.4 is 5.32 Å². The van der Waals surface area contributed by atoms with Crippen molar-refractivity contribution in [3.05, 3.63) is 29.4 Å². The van der Waals surface area contributed by atoms with Gasteiger partial charge in [-0.3, -0.25) is 9.58 Å². The number of nitrogens with zero attached hydrogens (tertiary/aromatic N) is 3. The molecule has 1 N–H and O–H groups in total. The zero-order valence-corrected chi connectivity index (χ0v) is 14.4. The molecule has 1 aliphatic heterocycles. The Labute approximate surface area is 136 Å². The van der Waals surface area contributed by atoms with Crippen LogP contribution in [0, 0.1) is 0 Å². The highest BCUT2D eigenvalue weighted by atomic mass is 35.5. The fourth-order valence-corrected chi connectivity index (χ4v) is 3.82. The van der Waals surface area contributed by atoms with E-state index in [1.807, 2.05) is 29.3 Å². The molecule has 116 valence electrons. The van der Waals surface area contributed by atoms with Crippen molar-refractivity contribution in [2.24, 2.45) is 7.05 Å². The first-order valence-electron chi connectivity index (χ1n) is 7.17. The standard InChI is InChI=1S/C15H22N4S.ClH/c1-11-6-16-7-12(2)19(11)10-14-4-5-15(20-14)13-8-17-18(3)9-13;/h4-5,8-9,11-12,16H,6-7,10H2,1-3H3;1H/t11-,12+;. The summed E-state index contributed by atoms with van der Waals surface area (Å²) < 4.78 is 1.86. The lowest BCUT2D eigenvalue weighted by molar-refractivity contribution is 0.110. The minimum absolute atomic E-state index is 0. The van der Waals surface area contributed by atoms with E-state index in [0.717, 1.165) is 19.6 Å². The van der Waals surface area contributed by atoms with Gasteiger partial charge in [0.1, 0.15) is 0 Å². The van der Waals surface area contributed by atoms with Crippen LogP contribution in [-0.4, -0.2) is 39.9 Å². The third-order valence-electron chi connectivity index (χ3n) is 4.00. The fourth-order valence-electron chi connectivity index (χ4n) is 2.83. The van der Waals surface area contributed by atoms with Gasteiger partial charge in [0, 0.05) is 60.3 Å². The molecule has 1 saturated heterocycles. The number of aromatic nitrogens is 2. The van der Waals surface area contributed by atoms with Gasteiger partial charge in [0.25, 0.3) is 0 Å². The van der Waals surface area contributed by atoms with Crippen LogP contribution in [0.4, 0.5) is 0 Å². The molecule has 0 aliphatic carbocycles. The van der Waals surface area contributed by atoms with Gasteiger partial charge in [-0.15, -0.1) is 23.7 Å². The summed E-state index contributed by atoms with van der Waals surface area (Å²) in [5.74, 6) is 0. The summed E-state index contributed by atoms with van der Waals surface area (Å²) in [6, 6.07) is 5.67. The molecule has 1 aliphatic rings. The minimum Gasteiger partial charge on any atom is -0.314 e. The van der Waals surface area contributed by atoms with E-state index >= 15 is 0 Å². The van der Waals surface area contributed by atoms with Gasteiger partial charge in [-0.05, 0) is 26.0 Å². The van der Waals surface area contributed by atoms with E-state index in [4.69, 9.17) is 0 Å². The van der Waals surface area contributed by atoms with E-state index in [0.29, 0.717) is 12.1 Å². The van der Waals surface area contributed by atoms with Crippen LogP contribution in [0.2, 0.25) is 0 Å². The Hall–Kier alpha value is -0.880. The van der Waals surface area contributed by atoms with E-state index < -0.39 is 0 Å². The highest BCUT2D eigenvalue weighted by Crippen LogP contribution is 2.29. The summed E-state index contributed by atoms with van der Waals surface area (Å²) in [6.07, 6.45) is 4.01. The van der Waals surface area contributed by atoms with Gasteiger partial charge in [-0.25, -0.2) is 0 Å². The van der Waals surface area contributed by atoms with Crippen molar-refractivity contribution in [3.63, 3.8) is 0 Å². The Balaban J connectivity index is 0.00000161. The predicted octanol–water partition coefficient (Wildman–Crippen LogP) is 2.75. The number of thiophene rings is 1. The van der Waals surface area contributed by atoms with E-state index in [9.17, 15) is 0 Å². The van der Waals surface area contributed by atoms with E-state index in [-0.39, 0.29) is 12.4 Å². The second-order valence-corrected chi connectivity index (χ2v) is 6.87. The Morgan fingerprint density at radius 3 is 2.62 bits per heavy atom. The van der Waals surface area contributed by atoms with Gasteiger partial charge in [-0.1, -0.05) is 0 Å². The van der Waals surface area contributed by atoms with Crippen LogP contribution in [0.1, 0.15) is 18.7 Å². The number of rotatable bonds is 3. The lowest BCUT2D eigenvalue weighted by Crippen LogP contribution is -2.54. The summed E-state index contributed by atoms with van der Waals surface area (Å²) in [7, 11) is 1.96. The van der Waals surface area contributed by atoms with Crippen LogP contribution in [0.5, 0.6) is 0 Å². The average Bonchev–Trinajstić information content (AvgIpc) is 3.03. The van der Waals surface area contributed by atoms with E-state index in [1.54, 1.807) is 0 Å². The third kappa shape index (κ3) is 3.66. The topological polar surface area (TPSA) is 33.1 Å².